The monoisotopic (exact) mass is 552 g/mol. The van der Waals surface area contributed by atoms with Crippen LogP contribution in [0.3, 0.4) is 0 Å². The minimum Gasteiger partial charge on any atom is -0.459 e. The molecule has 0 fully saturated rings. The highest BCUT2D eigenvalue weighted by atomic mass is 79.9. The van der Waals surface area contributed by atoms with E-state index in [-0.39, 0.29) is 34.6 Å². The quantitative estimate of drug-likeness (QED) is 0.370. The first-order valence-electron chi connectivity index (χ1n) is 10.9. The first-order valence-corrected chi connectivity index (χ1v) is 12.6. The van der Waals surface area contributed by atoms with E-state index in [4.69, 9.17) is 15.2 Å². The molecule has 2 aromatic rings. The zero-order valence-corrected chi connectivity index (χ0v) is 22.5. The number of halogens is 1. The third-order valence-electron chi connectivity index (χ3n) is 5.69. The van der Waals surface area contributed by atoms with E-state index in [0.29, 0.717) is 20.6 Å². The second-order valence-electron chi connectivity index (χ2n) is 8.27. The van der Waals surface area contributed by atoms with Crippen LogP contribution in [0.2, 0.25) is 0 Å². The zero-order valence-electron chi connectivity index (χ0n) is 20.1. The lowest BCUT2D eigenvalue weighted by Crippen LogP contribution is -2.28. The predicted molar refractivity (Wildman–Crippen MR) is 137 cm³/mol. The largest absolute Gasteiger partial charge is 0.459 e. The smallest absolute Gasteiger partial charge is 0.338 e. The highest BCUT2D eigenvalue weighted by Crippen LogP contribution is 2.43. The minimum atomic E-state index is -0.781. The van der Waals surface area contributed by atoms with E-state index in [2.05, 4.69) is 33.1 Å². The van der Waals surface area contributed by atoms with Crippen LogP contribution in [0.5, 0.6) is 0 Å². The summed E-state index contributed by atoms with van der Waals surface area (Å²) < 4.78 is 12.1. The summed E-state index contributed by atoms with van der Waals surface area (Å²) in [5, 5.41) is 20.2. The Morgan fingerprint density at radius 1 is 1.23 bits per heavy atom. The first kappa shape index (κ1) is 26.3. The average molecular weight is 553 g/mol. The summed E-state index contributed by atoms with van der Waals surface area (Å²) in [6, 6.07) is 11.7. The molecule has 1 aromatic heterocycles. The van der Waals surface area contributed by atoms with E-state index in [0.717, 1.165) is 16.8 Å². The van der Waals surface area contributed by atoms with Crippen LogP contribution in [-0.2, 0) is 14.3 Å². The predicted octanol–water partition coefficient (Wildman–Crippen LogP) is 5.45. The number of aromatic nitrogens is 1. The van der Waals surface area contributed by atoms with Gasteiger partial charge in [0.2, 0.25) is 5.88 Å². The molecule has 0 amide bonds. The fourth-order valence-corrected chi connectivity index (χ4v) is 5.27. The summed E-state index contributed by atoms with van der Waals surface area (Å²) in [4.78, 5) is 17.9. The van der Waals surface area contributed by atoms with Crippen molar-refractivity contribution in [2.45, 2.75) is 51.7 Å². The van der Waals surface area contributed by atoms with Crippen LogP contribution >= 0.6 is 27.7 Å². The summed E-state index contributed by atoms with van der Waals surface area (Å²) in [7, 11) is 0. The van der Waals surface area contributed by atoms with Crippen LogP contribution in [-0.4, -0.2) is 22.8 Å². The van der Waals surface area contributed by atoms with Gasteiger partial charge in [0.15, 0.2) is 0 Å². The lowest BCUT2D eigenvalue weighted by atomic mass is 9.83. The van der Waals surface area contributed by atoms with Crippen molar-refractivity contribution in [2.75, 3.05) is 5.75 Å². The molecule has 7 nitrogen and oxygen atoms in total. The number of carbonyl (C=O) groups excluding carboxylic acids is 1. The van der Waals surface area contributed by atoms with Crippen LogP contribution in [0.4, 0.5) is 0 Å². The Morgan fingerprint density at radius 2 is 1.91 bits per heavy atom. The van der Waals surface area contributed by atoms with Gasteiger partial charge >= 0.3 is 5.97 Å². The van der Waals surface area contributed by atoms with Gasteiger partial charge in [-0.25, -0.2) is 9.78 Å². The number of thioether (sulfide) groups is 1. The molecule has 1 aromatic carbocycles. The molecule has 0 spiro atoms. The van der Waals surface area contributed by atoms with E-state index < -0.39 is 11.9 Å². The number of allylic oxidation sites excluding steroid dienone is 1. The minimum absolute atomic E-state index is 0.0744. The third kappa shape index (κ3) is 5.37. The Kier molecular flexibility index (Phi) is 8.26. The highest BCUT2D eigenvalue weighted by molar-refractivity contribution is 9.10. The zero-order chi connectivity index (χ0) is 25.9. The van der Waals surface area contributed by atoms with Crippen molar-refractivity contribution in [1.29, 1.82) is 10.5 Å². The van der Waals surface area contributed by atoms with Crippen LogP contribution in [0.1, 0.15) is 47.7 Å². The van der Waals surface area contributed by atoms with Crippen molar-refractivity contribution in [2.24, 2.45) is 5.73 Å². The van der Waals surface area contributed by atoms with Gasteiger partial charge in [-0.15, -0.1) is 0 Å². The molecule has 2 heterocycles. The van der Waals surface area contributed by atoms with Gasteiger partial charge in [0.25, 0.3) is 0 Å². The number of hydrogen-bond acceptors (Lipinski definition) is 8. The van der Waals surface area contributed by atoms with Crippen molar-refractivity contribution < 1.29 is 14.3 Å². The van der Waals surface area contributed by atoms with Gasteiger partial charge in [-0.05, 0) is 57.4 Å². The molecule has 1 aliphatic rings. The summed E-state index contributed by atoms with van der Waals surface area (Å²) in [6.07, 6.45) is -0.383. The standard InChI is InChI=1S/C26H25BrN4O3S/c1-13(2)33-26(32)23-21(12-35-25-18(10-28)15(4)14(3)16(5)31-25)34-24(30)19(11-29)22(23)17-8-6-7-9-20(17)27/h6-9,13,22H,12,30H2,1-5H3/t22-/m1/s1. The number of aryl methyl sites for hydroxylation is 1. The number of rotatable bonds is 6. The van der Waals surface area contributed by atoms with Crippen molar-refractivity contribution in [3.8, 4) is 12.1 Å². The Balaban J connectivity index is 2.16. The van der Waals surface area contributed by atoms with Crippen molar-refractivity contribution >= 4 is 33.7 Å². The number of carbonyl (C=O) groups is 1. The topological polar surface area (TPSA) is 122 Å². The van der Waals surface area contributed by atoms with E-state index >= 15 is 0 Å². The van der Waals surface area contributed by atoms with Gasteiger partial charge in [-0.1, -0.05) is 45.9 Å². The molecular weight excluding hydrogens is 528 g/mol. The maximum absolute atomic E-state index is 13.3. The Bertz CT molecular complexity index is 1340. The molecule has 9 heteroatoms. The lowest BCUT2D eigenvalue weighted by Gasteiger charge is -2.29. The van der Waals surface area contributed by atoms with Gasteiger partial charge in [0.1, 0.15) is 28.5 Å². The number of nitrogens with zero attached hydrogens (tertiary/aromatic N) is 3. The van der Waals surface area contributed by atoms with E-state index in [1.807, 2.05) is 45.0 Å². The van der Waals surface area contributed by atoms with Crippen LogP contribution in [0, 0.1) is 43.4 Å². The van der Waals surface area contributed by atoms with Crippen LogP contribution < -0.4 is 5.73 Å². The molecule has 1 atom stereocenters. The number of benzene rings is 1. The Morgan fingerprint density at radius 3 is 2.51 bits per heavy atom. The summed E-state index contributed by atoms with van der Waals surface area (Å²) >= 11 is 4.80. The maximum Gasteiger partial charge on any atom is 0.338 e. The summed E-state index contributed by atoms with van der Waals surface area (Å²) in [5.41, 5.74) is 10.3. The molecule has 0 saturated carbocycles. The van der Waals surface area contributed by atoms with Crippen LogP contribution in [0.25, 0.3) is 0 Å². The van der Waals surface area contributed by atoms with Gasteiger partial charge < -0.3 is 15.2 Å². The molecule has 3 rings (SSSR count). The second kappa shape index (κ2) is 11.0. The number of hydrogen-bond donors (Lipinski definition) is 1. The van der Waals surface area contributed by atoms with Crippen molar-refractivity contribution in [3.63, 3.8) is 0 Å². The summed E-state index contributed by atoms with van der Waals surface area (Å²) in [6.45, 7) is 9.20. The van der Waals surface area contributed by atoms with E-state index in [1.165, 1.54) is 11.8 Å². The maximum atomic E-state index is 13.3. The fourth-order valence-electron chi connectivity index (χ4n) is 3.73. The molecule has 0 unspecified atom stereocenters. The number of ether oxygens (including phenoxy) is 2. The van der Waals surface area contributed by atoms with Crippen molar-refractivity contribution in [3.05, 3.63) is 79.5 Å². The SMILES string of the molecule is Cc1nc(SCC2=C(C(=O)OC(C)C)[C@H](c3ccccc3Br)C(C#N)=C(N)O2)c(C#N)c(C)c1C. The van der Waals surface area contributed by atoms with E-state index in [9.17, 15) is 15.3 Å². The lowest BCUT2D eigenvalue weighted by molar-refractivity contribution is -0.143. The number of esters is 1. The Labute approximate surface area is 217 Å². The van der Waals surface area contributed by atoms with E-state index in [1.54, 1.807) is 13.8 Å². The van der Waals surface area contributed by atoms with Gasteiger partial charge in [0, 0.05) is 10.2 Å². The number of nitriles is 2. The molecule has 1 aliphatic heterocycles. The molecule has 0 radical (unpaired) electrons. The molecular formula is C26H25BrN4O3S. The second-order valence-corrected chi connectivity index (χ2v) is 10.1. The molecule has 180 valence electrons. The highest BCUT2D eigenvalue weighted by Gasteiger charge is 2.39. The molecule has 0 aliphatic carbocycles. The first-order chi connectivity index (χ1) is 16.6. The Hall–Kier alpha value is -3.27. The molecule has 2 N–H and O–H groups in total. The van der Waals surface area contributed by atoms with Crippen LogP contribution in [0.15, 0.2) is 56.6 Å². The third-order valence-corrected chi connectivity index (χ3v) is 7.39. The number of nitrogens with two attached hydrogens (primary N) is 1. The summed E-state index contributed by atoms with van der Waals surface area (Å²) in [5.74, 6) is -1.03. The molecule has 0 bridgehead atoms. The van der Waals surface area contributed by atoms with Gasteiger partial charge in [-0.3, -0.25) is 0 Å². The molecule has 0 saturated heterocycles. The van der Waals surface area contributed by atoms with Gasteiger partial charge in [0.05, 0.1) is 28.9 Å². The van der Waals surface area contributed by atoms with Gasteiger partial charge in [-0.2, -0.15) is 10.5 Å². The average Bonchev–Trinajstić information content (AvgIpc) is 2.80. The number of pyridine rings is 1. The fraction of sp³-hybridized carbons (Fsp3) is 0.308. The normalized spacial score (nSPS) is 15.5. The molecule has 35 heavy (non-hydrogen) atoms. The van der Waals surface area contributed by atoms with Crippen molar-refractivity contribution in [1.82, 2.24) is 4.98 Å².